The molecule has 0 aliphatic rings. The SMILES string of the molecule is CCOc1ccc(/C=C(/C#N)C(=O)Nc2ccc(C)cc2)cc1Br. The number of nitrogens with zero attached hydrogens (tertiary/aromatic N) is 1. The van der Waals surface area contributed by atoms with E-state index in [0.29, 0.717) is 12.3 Å². The minimum absolute atomic E-state index is 0.0339. The fourth-order valence-corrected chi connectivity index (χ4v) is 2.54. The molecule has 0 aliphatic carbocycles. The van der Waals surface area contributed by atoms with E-state index in [1.165, 1.54) is 0 Å². The smallest absolute Gasteiger partial charge is 0.266 e. The van der Waals surface area contributed by atoms with Crippen LogP contribution in [-0.4, -0.2) is 12.5 Å². The lowest BCUT2D eigenvalue weighted by atomic mass is 10.1. The van der Waals surface area contributed by atoms with E-state index in [1.807, 2.05) is 38.1 Å². The third kappa shape index (κ3) is 4.71. The summed E-state index contributed by atoms with van der Waals surface area (Å²) in [6.07, 6.45) is 1.55. The first-order valence-electron chi connectivity index (χ1n) is 7.45. The predicted octanol–water partition coefficient (Wildman–Crippen LogP) is 4.70. The van der Waals surface area contributed by atoms with E-state index in [2.05, 4.69) is 21.2 Å². The average molecular weight is 385 g/mol. The second kappa shape index (κ2) is 8.32. The van der Waals surface area contributed by atoms with Crippen molar-refractivity contribution < 1.29 is 9.53 Å². The lowest BCUT2D eigenvalue weighted by Gasteiger charge is -2.07. The number of rotatable bonds is 5. The fraction of sp³-hybridized carbons (Fsp3) is 0.158. The van der Waals surface area contributed by atoms with Gasteiger partial charge in [0.2, 0.25) is 0 Å². The van der Waals surface area contributed by atoms with Gasteiger partial charge < -0.3 is 10.1 Å². The normalized spacial score (nSPS) is 10.8. The number of amides is 1. The summed E-state index contributed by atoms with van der Waals surface area (Å²) < 4.78 is 6.22. The molecule has 0 saturated carbocycles. The number of anilines is 1. The van der Waals surface area contributed by atoms with Gasteiger partial charge in [-0.2, -0.15) is 5.26 Å². The Bertz CT molecular complexity index is 805. The molecule has 0 unspecified atom stereocenters. The van der Waals surface area contributed by atoms with Crippen molar-refractivity contribution >= 4 is 33.6 Å². The molecule has 0 heterocycles. The quantitative estimate of drug-likeness (QED) is 0.599. The van der Waals surface area contributed by atoms with Crippen molar-refractivity contribution in [1.29, 1.82) is 5.26 Å². The number of benzene rings is 2. The molecule has 24 heavy (non-hydrogen) atoms. The van der Waals surface area contributed by atoms with Gasteiger partial charge in [0.15, 0.2) is 0 Å². The van der Waals surface area contributed by atoms with Crippen LogP contribution in [0, 0.1) is 18.3 Å². The van der Waals surface area contributed by atoms with Crippen molar-refractivity contribution in [3.63, 3.8) is 0 Å². The minimum atomic E-state index is -0.439. The van der Waals surface area contributed by atoms with Crippen molar-refractivity contribution in [3.8, 4) is 11.8 Å². The summed E-state index contributed by atoms with van der Waals surface area (Å²) in [7, 11) is 0. The number of nitriles is 1. The van der Waals surface area contributed by atoms with Crippen LogP contribution in [0.2, 0.25) is 0 Å². The molecule has 1 N–H and O–H groups in total. The van der Waals surface area contributed by atoms with Gasteiger partial charge in [-0.3, -0.25) is 4.79 Å². The molecule has 0 radical (unpaired) electrons. The van der Waals surface area contributed by atoms with Gasteiger partial charge in [0.1, 0.15) is 17.4 Å². The van der Waals surface area contributed by atoms with Crippen LogP contribution in [0.3, 0.4) is 0 Å². The van der Waals surface area contributed by atoms with Crippen LogP contribution in [0.1, 0.15) is 18.1 Å². The Kier molecular flexibility index (Phi) is 6.16. The molecule has 0 aromatic heterocycles. The Morgan fingerprint density at radius 3 is 2.58 bits per heavy atom. The first-order valence-corrected chi connectivity index (χ1v) is 8.25. The van der Waals surface area contributed by atoms with Gasteiger partial charge in [0.25, 0.3) is 5.91 Å². The number of carbonyl (C=O) groups is 1. The molecule has 0 atom stereocenters. The monoisotopic (exact) mass is 384 g/mol. The van der Waals surface area contributed by atoms with Crippen molar-refractivity contribution in [2.75, 3.05) is 11.9 Å². The van der Waals surface area contributed by atoms with Crippen LogP contribution in [0.15, 0.2) is 52.5 Å². The van der Waals surface area contributed by atoms with Gasteiger partial charge in [-0.1, -0.05) is 23.8 Å². The molecular formula is C19H17BrN2O2. The maximum atomic E-state index is 12.2. The van der Waals surface area contributed by atoms with E-state index in [-0.39, 0.29) is 5.57 Å². The van der Waals surface area contributed by atoms with Crippen LogP contribution in [0.5, 0.6) is 5.75 Å². The lowest BCUT2D eigenvalue weighted by Crippen LogP contribution is -2.13. The Morgan fingerprint density at radius 2 is 2.00 bits per heavy atom. The number of carbonyl (C=O) groups excluding carboxylic acids is 1. The summed E-state index contributed by atoms with van der Waals surface area (Å²) in [5.41, 5.74) is 2.52. The van der Waals surface area contributed by atoms with Crippen molar-refractivity contribution in [2.24, 2.45) is 0 Å². The van der Waals surface area contributed by atoms with E-state index in [0.717, 1.165) is 21.3 Å². The van der Waals surface area contributed by atoms with Gasteiger partial charge in [0.05, 0.1) is 11.1 Å². The van der Waals surface area contributed by atoms with Gasteiger partial charge in [-0.05, 0) is 65.7 Å². The molecule has 2 rings (SSSR count). The minimum Gasteiger partial charge on any atom is -0.493 e. The van der Waals surface area contributed by atoms with Gasteiger partial charge in [-0.15, -0.1) is 0 Å². The van der Waals surface area contributed by atoms with Gasteiger partial charge >= 0.3 is 0 Å². The average Bonchev–Trinajstić information content (AvgIpc) is 2.57. The first kappa shape index (κ1) is 17.8. The standard InChI is InChI=1S/C19H17BrN2O2/c1-3-24-18-9-6-14(11-17(18)20)10-15(12-21)19(23)22-16-7-4-13(2)5-8-16/h4-11H,3H2,1-2H3,(H,22,23)/b15-10-. The molecule has 5 heteroatoms. The summed E-state index contributed by atoms with van der Waals surface area (Å²) in [5.74, 6) is 0.281. The number of hydrogen-bond acceptors (Lipinski definition) is 3. The number of halogens is 1. The molecule has 122 valence electrons. The Balaban J connectivity index is 2.19. The summed E-state index contributed by atoms with van der Waals surface area (Å²) in [6, 6.07) is 14.7. The van der Waals surface area contributed by atoms with Gasteiger partial charge in [0, 0.05) is 5.69 Å². The van der Waals surface area contributed by atoms with E-state index in [9.17, 15) is 10.1 Å². The summed E-state index contributed by atoms with van der Waals surface area (Å²) in [6.45, 7) is 4.44. The van der Waals surface area contributed by atoms with E-state index >= 15 is 0 Å². The number of nitrogens with one attached hydrogen (secondary N) is 1. The molecular weight excluding hydrogens is 368 g/mol. The first-order chi connectivity index (χ1) is 11.5. The van der Waals surface area contributed by atoms with Crippen LogP contribution in [0.4, 0.5) is 5.69 Å². The fourth-order valence-electron chi connectivity index (χ4n) is 2.03. The highest BCUT2D eigenvalue weighted by atomic mass is 79.9. The zero-order chi connectivity index (χ0) is 17.5. The Hall–Kier alpha value is -2.58. The Labute approximate surface area is 149 Å². The molecule has 0 bridgehead atoms. The van der Waals surface area contributed by atoms with E-state index < -0.39 is 5.91 Å². The highest BCUT2D eigenvalue weighted by Crippen LogP contribution is 2.27. The largest absolute Gasteiger partial charge is 0.493 e. The van der Waals surface area contributed by atoms with Crippen molar-refractivity contribution in [2.45, 2.75) is 13.8 Å². The maximum Gasteiger partial charge on any atom is 0.266 e. The number of hydrogen-bond donors (Lipinski definition) is 1. The van der Waals surface area contributed by atoms with Crippen molar-refractivity contribution in [3.05, 3.63) is 63.6 Å². The van der Waals surface area contributed by atoms with Crippen LogP contribution < -0.4 is 10.1 Å². The predicted molar refractivity (Wildman–Crippen MR) is 98.7 cm³/mol. The topological polar surface area (TPSA) is 62.1 Å². The van der Waals surface area contributed by atoms with Crippen LogP contribution in [-0.2, 0) is 4.79 Å². The van der Waals surface area contributed by atoms with Gasteiger partial charge in [-0.25, -0.2) is 0 Å². The highest BCUT2D eigenvalue weighted by molar-refractivity contribution is 9.10. The molecule has 0 aliphatic heterocycles. The number of ether oxygens (including phenoxy) is 1. The van der Waals surface area contributed by atoms with E-state index in [1.54, 1.807) is 30.3 Å². The highest BCUT2D eigenvalue weighted by Gasteiger charge is 2.10. The molecule has 2 aromatic rings. The zero-order valence-corrected chi connectivity index (χ0v) is 15.1. The third-order valence-electron chi connectivity index (χ3n) is 3.24. The maximum absolute atomic E-state index is 12.2. The van der Waals surface area contributed by atoms with E-state index in [4.69, 9.17) is 4.74 Å². The molecule has 2 aromatic carbocycles. The summed E-state index contributed by atoms with van der Waals surface area (Å²) in [5, 5.41) is 12.0. The van der Waals surface area contributed by atoms with Crippen molar-refractivity contribution in [1.82, 2.24) is 0 Å². The summed E-state index contributed by atoms with van der Waals surface area (Å²) >= 11 is 3.42. The molecule has 0 fully saturated rings. The van der Waals surface area contributed by atoms with Crippen LogP contribution in [0.25, 0.3) is 6.08 Å². The molecule has 4 nitrogen and oxygen atoms in total. The van der Waals surface area contributed by atoms with Crippen LogP contribution >= 0.6 is 15.9 Å². The molecule has 0 spiro atoms. The number of aryl methyl sites for hydroxylation is 1. The second-order valence-corrected chi connectivity index (χ2v) is 5.97. The zero-order valence-electron chi connectivity index (χ0n) is 13.5. The summed E-state index contributed by atoms with van der Waals surface area (Å²) in [4.78, 5) is 12.2. The third-order valence-corrected chi connectivity index (χ3v) is 3.86. The second-order valence-electron chi connectivity index (χ2n) is 5.11. The lowest BCUT2D eigenvalue weighted by molar-refractivity contribution is -0.112. The molecule has 0 saturated heterocycles. The Morgan fingerprint density at radius 1 is 1.29 bits per heavy atom. The molecule has 1 amide bonds.